The molecule has 0 bridgehead atoms. The van der Waals surface area contributed by atoms with E-state index in [1.54, 1.807) is 22.9 Å². The Morgan fingerprint density at radius 3 is 2.47 bits per heavy atom. The first-order valence-electron chi connectivity index (χ1n) is 10.5. The molecule has 0 aliphatic heterocycles. The maximum absolute atomic E-state index is 13.6. The van der Waals surface area contributed by atoms with Gasteiger partial charge in [0.2, 0.25) is 0 Å². The Morgan fingerprint density at radius 1 is 1.22 bits per heavy atom. The van der Waals surface area contributed by atoms with Crippen molar-refractivity contribution >= 4 is 23.1 Å². The fourth-order valence-electron chi connectivity index (χ4n) is 3.88. The number of hydrogen-bond donors (Lipinski definition) is 3. The lowest BCUT2D eigenvalue weighted by Crippen LogP contribution is -2.19. The van der Waals surface area contributed by atoms with Crippen LogP contribution in [0.4, 0.5) is 4.39 Å². The number of benzene rings is 1. The molecule has 1 aromatic carbocycles. The minimum Gasteiger partial charge on any atom is -0.481 e. The molecule has 0 aliphatic rings. The van der Waals surface area contributed by atoms with Gasteiger partial charge in [-0.2, -0.15) is 5.10 Å². The molecule has 3 rings (SSSR count). The van der Waals surface area contributed by atoms with E-state index >= 15 is 0 Å². The lowest BCUT2D eigenvalue weighted by Gasteiger charge is -2.17. The Kier molecular flexibility index (Phi) is 7.06. The second-order valence-electron chi connectivity index (χ2n) is 8.27. The predicted molar refractivity (Wildman–Crippen MR) is 121 cm³/mol. The van der Waals surface area contributed by atoms with Gasteiger partial charge in [0.25, 0.3) is 0 Å². The molecule has 2 aromatic heterocycles. The number of rotatable bonds is 8. The SMILES string of the molecule is Cc1nn(C)c2nc(C(C)C)c(/C=C/C(O)CC(O)CC(=O)O)c(-c3ccc(F)cc3)c12. The molecule has 0 fully saturated rings. The molecule has 0 radical (unpaired) electrons. The van der Waals surface area contributed by atoms with E-state index in [0.29, 0.717) is 5.65 Å². The fraction of sp³-hybridized carbons (Fsp3) is 0.375. The second-order valence-corrected chi connectivity index (χ2v) is 8.27. The highest BCUT2D eigenvalue weighted by atomic mass is 19.1. The molecular formula is C24H28FN3O4. The van der Waals surface area contributed by atoms with Gasteiger partial charge in [0.05, 0.1) is 35.4 Å². The Hall–Kier alpha value is -3.10. The molecule has 0 aliphatic carbocycles. The molecule has 3 aromatic rings. The number of aromatic nitrogens is 3. The number of hydrogen-bond acceptors (Lipinski definition) is 5. The summed E-state index contributed by atoms with van der Waals surface area (Å²) < 4.78 is 15.3. The van der Waals surface area contributed by atoms with Crippen LogP contribution in [0.5, 0.6) is 0 Å². The number of aryl methyl sites for hydroxylation is 2. The highest BCUT2D eigenvalue weighted by Gasteiger charge is 2.22. The van der Waals surface area contributed by atoms with E-state index < -0.39 is 24.6 Å². The van der Waals surface area contributed by atoms with E-state index in [2.05, 4.69) is 5.10 Å². The molecule has 2 unspecified atom stereocenters. The van der Waals surface area contributed by atoms with Crippen LogP contribution in [0.2, 0.25) is 0 Å². The van der Waals surface area contributed by atoms with E-state index in [1.165, 1.54) is 18.2 Å². The molecule has 0 spiro atoms. The molecule has 2 heterocycles. The van der Waals surface area contributed by atoms with E-state index in [9.17, 15) is 19.4 Å². The largest absolute Gasteiger partial charge is 0.481 e. The van der Waals surface area contributed by atoms with Crippen molar-refractivity contribution < 1.29 is 24.5 Å². The lowest BCUT2D eigenvalue weighted by molar-refractivity contribution is -0.139. The average molecular weight is 442 g/mol. The summed E-state index contributed by atoms with van der Waals surface area (Å²) in [6.07, 6.45) is 0.521. The topological polar surface area (TPSA) is 108 Å². The lowest BCUT2D eigenvalue weighted by atomic mass is 9.91. The zero-order chi connectivity index (χ0) is 23.6. The molecule has 0 amide bonds. The van der Waals surface area contributed by atoms with Gasteiger partial charge in [-0.15, -0.1) is 0 Å². The monoisotopic (exact) mass is 441 g/mol. The smallest absolute Gasteiger partial charge is 0.305 e. The van der Waals surface area contributed by atoms with Gasteiger partial charge in [-0.25, -0.2) is 9.37 Å². The van der Waals surface area contributed by atoms with E-state index in [4.69, 9.17) is 10.1 Å². The number of carboxylic acids is 1. The van der Waals surface area contributed by atoms with Gasteiger partial charge in [0.1, 0.15) is 5.82 Å². The quantitative estimate of drug-likeness (QED) is 0.491. The van der Waals surface area contributed by atoms with Crippen LogP contribution in [0.3, 0.4) is 0 Å². The van der Waals surface area contributed by atoms with Crippen molar-refractivity contribution in [2.75, 3.05) is 0 Å². The van der Waals surface area contributed by atoms with Crippen LogP contribution in [0.1, 0.15) is 49.6 Å². The van der Waals surface area contributed by atoms with E-state index in [-0.39, 0.29) is 18.2 Å². The van der Waals surface area contributed by atoms with Crippen LogP contribution in [0, 0.1) is 12.7 Å². The van der Waals surface area contributed by atoms with Crippen LogP contribution in [0.25, 0.3) is 28.2 Å². The van der Waals surface area contributed by atoms with Crippen molar-refractivity contribution in [3.8, 4) is 11.1 Å². The zero-order valence-electron chi connectivity index (χ0n) is 18.6. The minimum absolute atomic E-state index is 0.0446. The summed E-state index contributed by atoms with van der Waals surface area (Å²) in [6, 6.07) is 6.19. The van der Waals surface area contributed by atoms with Gasteiger partial charge >= 0.3 is 5.97 Å². The molecular weight excluding hydrogens is 413 g/mol. The van der Waals surface area contributed by atoms with Crippen LogP contribution in [0.15, 0.2) is 30.3 Å². The van der Waals surface area contributed by atoms with Gasteiger partial charge in [0.15, 0.2) is 5.65 Å². The molecule has 170 valence electrons. The Bertz CT molecular complexity index is 1150. The number of nitrogens with zero attached hydrogens (tertiary/aromatic N) is 3. The summed E-state index contributed by atoms with van der Waals surface area (Å²) in [6.45, 7) is 5.91. The van der Waals surface area contributed by atoms with Crippen molar-refractivity contribution in [1.29, 1.82) is 0 Å². The van der Waals surface area contributed by atoms with Crippen molar-refractivity contribution in [2.45, 2.75) is 51.7 Å². The maximum atomic E-state index is 13.6. The average Bonchev–Trinajstić information content (AvgIpc) is 2.98. The van der Waals surface area contributed by atoms with Gasteiger partial charge in [0, 0.05) is 24.6 Å². The first-order chi connectivity index (χ1) is 15.1. The zero-order valence-corrected chi connectivity index (χ0v) is 18.6. The van der Waals surface area contributed by atoms with Crippen LogP contribution >= 0.6 is 0 Å². The summed E-state index contributed by atoms with van der Waals surface area (Å²) >= 11 is 0. The number of fused-ring (bicyclic) bond motifs is 1. The summed E-state index contributed by atoms with van der Waals surface area (Å²) in [7, 11) is 1.82. The molecule has 8 heteroatoms. The highest BCUT2D eigenvalue weighted by Crippen LogP contribution is 2.38. The fourth-order valence-corrected chi connectivity index (χ4v) is 3.88. The first kappa shape index (κ1) is 23.6. The Balaban J connectivity index is 2.18. The maximum Gasteiger partial charge on any atom is 0.305 e. The van der Waals surface area contributed by atoms with Gasteiger partial charge in [-0.1, -0.05) is 38.1 Å². The number of aliphatic hydroxyl groups is 2. The van der Waals surface area contributed by atoms with E-state index in [1.807, 2.05) is 27.8 Å². The number of pyridine rings is 1. The van der Waals surface area contributed by atoms with Crippen molar-refractivity contribution in [2.24, 2.45) is 7.05 Å². The van der Waals surface area contributed by atoms with E-state index in [0.717, 1.165) is 33.5 Å². The number of halogens is 1. The van der Waals surface area contributed by atoms with Gasteiger partial charge in [-0.3, -0.25) is 9.48 Å². The summed E-state index contributed by atoms with van der Waals surface area (Å²) in [5.41, 5.74) is 4.66. The summed E-state index contributed by atoms with van der Waals surface area (Å²) in [5, 5.41) is 34.4. The number of carbonyl (C=O) groups is 1. The van der Waals surface area contributed by atoms with Crippen LogP contribution in [-0.4, -0.2) is 48.3 Å². The van der Waals surface area contributed by atoms with Crippen molar-refractivity contribution in [3.05, 3.63) is 53.1 Å². The molecule has 7 nitrogen and oxygen atoms in total. The third-order valence-electron chi connectivity index (χ3n) is 5.30. The van der Waals surface area contributed by atoms with Crippen molar-refractivity contribution in [3.63, 3.8) is 0 Å². The Morgan fingerprint density at radius 2 is 1.88 bits per heavy atom. The normalized spacial score (nSPS) is 13.9. The minimum atomic E-state index is -1.16. The third-order valence-corrected chi connectivity index (χ3v) is 5.30. The summed E-state index contributed by atoms with van der Waals surface area (Å²) in [5.74, 6) is -1.43. The Labute approximate surface area is 185 Å². The molecule has 0 saturated carbocycles. The number of aliphatic carboxylic acids is 1. The highest BCUT2D eigenvalue weighted by molar-refractivity contribution is 5.99. The predicted octanol–water partition coefficient (Wildman–Crippen LogP) is 3.81. The molecule has 32 heavy (non-hydrogen) atoms. The third kappa shape index (κ3) is 5.03. The first-order valence-corrected chi connectivity index (χ1v) is 10.5. The number of aliphatic hydroxyl groups excluding tert-OH is 2. The second kappa shape index (κ2) is 9.58. The molecule has 3 N–H and O–H groups in total. The number of carboxylic acid groups (broad SMARTS) is 1. The van der Waals surface area contributed by atoms with Gasteiger partial charge < -0.3 is 15.3 Å². The van der Waals surface area contributed by atoms with Crippen LogP contribution in [-0.2, 0) is 11.8 Å². The standard InChI is InChI=1S/C24H28FN3O4/c1-13(2)23-19(10-9-17(29)11-18(30)12-20(31)32)22(15-5-7-16(25)8-6-15)21-14(3)27-28(4)24(21)26-23/h5-10,13,17-18,29-30H,11-12H2,1-4H3,(H,31,32)/b10-9+. The molecule has 0 saturated heterocycles. The van der Waals surface area contributed by atoms with Crippen LogP contribution < -0.4 is 0 Å². The molecule has 2 atom stereocenters. The van der Waals surface area contributed by atoms with Gasteiger partial charge in [-0.05, 0) is 30.5 Å². The van der Waals surface area contributed by atoms with Crippen molar-refractivity contribution in [1.82, 2.24) is 14.8 Å². The summed E-state index contributed by atoms with van der Waals surface area (Å²) in [4.78, 5) is 15.6.